The summed E-state index contributed by atoms with van der Waals surface area (Å²) in [5.41, 5.74) is -0.421. The molecule has 0 bridgehead atoms. The van der Waals surface area contributed by atoms with Crippen molar-refractivity contribution >= 4 is 10.9 Å². The van der Waals surface area contributed by atoms with Gasteiger partial charge in [-0.25, -0.2) is 4.98 Å². The van der Waals surface area contributed by atoms with Crippen LogP contribution >= 0.6 is 0 Å². The maximum Gasteiger partial charge on any atom is 0.433 e. The smallest absolute Gasteiger partial charge is 0.387 e. The van der Waals surface area contributed by atoms with Crippen molar-refractivity contribution in [2.75, 3.05) is 6.54 Å². The minimum atomic E-state index is -4.53. The number of hydrogen-bond donors (Lipinski definition) is 2. The standard InChI is InChI=1S/C16H17F3N2O/c17-16(18,19)14-9-11(10-5-1-2-6-12(10)21-14)15(22)13-7-3-4-8-20-13/h1-2,5-6,9,13,15,20,22H,3-4,7-8H2. The predicted octanol–water partition coefficient (Wildman–Crippen LogP) is 3.43. The molecule has 1 aliphatic heterocycles. The second-order valence-corrected chi connectivity index (χ2v) is 5.61. The predicted molar refractivity (Wildman–Crippen MR) is 77.3 cm³/mol. The molecule has 3 rings (SSSR count). The second-order valence-electron chi connectivity index (χ2n) is 5.61. The number of para-hydroxylation sites is 1. The van der Waals surface area contributed by atoms with E-state index in [0.29, 0.717) is 5.39 Å². The molecule has 2 aromatic rings. The molecule has 0 saturated carbocycles. The van der Waals surface area contributed by atoms with Gasteiger partial charge in [-0.1, -0.05) is 24.6 Å². The highest BCUT2D eigenvalue weighted by atomic mass is 19.4. The van der Waals surface area contributed by atoms with Crippen molar-refractivity contribution in [3.8, 4) is 0 Å². The molecule has 22 heavy (non-hydrogen) atoms. The van der Waals surface area contributed by atoms with Crippen molar-refractivity contribution < 1.29 is 18.3 Å². The Morgan fingerprint density at radius 3 is 2.68 bits per heavy atom. The lowest BCUT2D eigenvalue weighted by Gasteiger charge is -2.29. The minimum absolute atomic E-state index is 0.222. The molecule has 0 amide bonds. The molecule has 2 N–H and O–H groups in total. The van der Waals surface area contributed by atoms with E-state index >= 15 is 0 Å². The molecular formula is C16H17F3N2O. The Balaban J connectivity index is 2.09. The zero-order chi connectivity index (χ0) is 15.7. The molecule has 3 nitrogen and oxygen atoms in total. The van der Waals surface area contributed by atoms with Gasteiger partial charge in [-0.3, -0.25) is 0 Å². The fourth-order valence-corrected chi connectivity index (χ4v) is 2.96. The first-order valence-corrected chi connectivity index (χ1v) is 7.35. The summed E-state index contributed by atoms with van der Waals surface area (Å²) in [6.07, 6.45) is -2.77. The molecule has 1 aromatic heterocycles. The van der Waals surface area contributed by atoms with E-state index in [-0.39, 0.29) is 17.1 Å². The van der Waals surface area contributed by atoms with E-state index in [0.717, 1.165) is 31.9 Å². The molecule has 0 aliphatic carbocycles. The van der Waals surface area contributed by atoms with Gasteiger partial charge in [0.25, 0.3) is 0 Å². The van der Waals surface area contributed by atoms with Crippen LogP contribution in [0.2, 0.25) is 0 Å². The first kappa shape index (κ1) is 15.2. The number of aromatic nitrogens is 1. The van der Waals surface area contributed by atoms with E-state index in [1.165, 1.54) is 6.07 Å². The maximum absolute atomic E-state index is 13.0. The van der Waals surface area contributed by atoms with E-state index in [4.69, 9.17) is 0 Å². The van der Waals surface area contributed by atoms with Gasteiger partial charge in [-0.05, 0) is 37.1 Å². The number of pyridine rings is 1. The fraction of sp³-hybridized carbons (Fsp3) is 0.438. The first-order chi connectivity index (χ1) is 10.5. The molecule has 118 valence electrons. The van der Waals surface area contributed by atoms with Gasteiger partial charge in [0.05, 0.1) is 11.6 Å². The molecule has 0 spiro atoms. The number of piperidine rings is 1. The number of alkyl halides is 3. The number of rotatable bonds is 2. The van der Waals surface area contributed by atoms with Crippen LogP contribution < -0.4 is 5.32 Å². The summed E-state index contributed by atoms with van der Waals surface area (Å²) in [5, 5.41) is 14.3. The van der Waals surface area contributed by atoms with Crippen molar-refractivity contribution in [2.45, 2.75) is 37.6 Å². The number of fused-ring (bicyclic) bond motifs is 1. The molecule has 2 atom stereocenters. The lowest BCUT2D eigenvalue weighted by molar-refractivity contribution is -0.141. The fourth-order valence-electron chi connectivity index (χ4n) is 2.96. The van der Waals surface area contributed by atoms with Gasteiger partial charge in [-0.15, -0.1) is 0 Å². The third kappa shape index (κ3) is 2.94. The summed E-state index contributed by atoms with van der Waals surface area (Å²) >= 11 is 0. The summed E-state index contributed by atoms with van der Waals surface area (Å²) in [7, 11) is 0. The quantitative estimate of drug-likeness (QED) is 0.893. The van der Waals surface area contributed by atoms with Crippen LogP contribution in [0, 0.1) is 0 Å². The van der Waals surface area contributed by atoms with E-state index < -0.39 is 18.0 Å². The van der Waals surface area contributed by atoms with Gasteiger partial charge in [-0.2, -0.15) is 13.2 Å². The van der Waals surface area contributed by atoms with Crippen LogP contribution in [-0.4, -0.2) is 22.7 Å². The van der Waals surface area contributed by atoms with Crippen LogP contribution in [0.5, 0.6) is 0 Å². The zero-order valence-electron chi connectivity index (χ0n) is 11.9. The van der Waals surface area contributed by atoms with E-state index in [1.54, 1.807) is 18.2 Å². The van der Waals surface area contributed by atoms with Crippen molar-refractivity contribution in [1.82, 2.24) is 10.3 Å². The lowest BCUT2D eigenvalue weighted by atomic mass is 9.92. The summed E-state index contributed by atoms with van der Waals surface area (Å²) < 4.78 is 39.1. The average molecular weight is 310 g/mol. The second kappa shape index (κ2) is 5.85. The summed E-state index contributed by atoms with van der Waals surface area (Å²) in [4.78, 5) is 3.68. The van der Waals surface area contributed by atoms with Crippen LogP contribution in [0.4, 0.5) is 13.2 Å². The lowest BCUT2D eigenvalue weighted by Crippen LogP contribution is -2.39. The monoisotopic (exact) mass is 310 g/mol. The Morgan fingerprint density at radius 1 is 1.23 bits per heavy atom. The Kier molecular flexibility index (Phi) is 4.06. The summed E-state index contributed by atoms with van der Waals surface area (Å²) in [6.45, 7) is 0.775. The van der Waals surface area contributed by atoms with Crippen molar-refractivity contribution in [3.05, 3.63) is 41.6 Å². The highest BCUT2D eigenvalue weighted by molar-refractivity contribution is 5.82. The average Bonchev–Trinajstić information content (AvgIpc) is 2.53. The Morgan fingerprint density at radius 2 is 2.00 bits per heavy atom. The van der Waals surface area contributed by atoms with Crippen LogP contribution in [0.1, 0.15) is 36.6 Å². The van der Waals surface area contributed by atoms with Crippen LogP contribution in [-0.2, 0) is 6.18 Å². The third-order valence-electron chi connectivity index (χ3n) is 4.09. The number of hydrogen-bond acceptors (Lipinski definition) is 3. The van der Waals surface area contributed by atoms with Crippen LogP contribution in [0.25, 0.3) is 10.9 Å². The molecule has 2 heterocycles. The van der Waals surface area contributed by atoms with E-state index in [9.17, 15) is 18.3 Å². The zero-order valence-corrected chi connectivity index (χ0v) is 11.9. The number of nitrogens with one attached hydrogen (secondary N) is 1. The highest BCUT2D eigenvalue weighted by Crippen LogP contribution is 2.34. The van der Waals surface area contributed by atoms with Gasteiger partial charge in [0.1, 0.15) is 5.69 Å². The van der Waals surface area contributed by atoms with Crippen LogP contribution in [0.3, 0.4) is 0 Å². The largest absolute Gasteiger partial charge is 0.433 e. The molecule has 0 radical (unpaired) electrons. The van der Waals surface area contributed by atoms with Crippen LogP contribution in [0.15, 0.2) is 30.3 Å². The molecule has 2 unspecified atom stereocenters. The van der Waals surface area contributed by atoms with E-state index in [1.807, 2.05) is 0 Å². The molecule has 1 aromatic carbocycles. The number of benzene rings is 1. The topological polar surface area (TPSA) is 45.2 Å². The Bertz CT molecular complexity index is 666. The highest BCUT2D eigenvalue weighted by Gasteiger charge is 2.35. The van der Waals surface area contributed by atoms with Gasteiger partial charge >= 0.3 is 6.18 Å². The van der Waals surface area contributed by atoms with Gasteiger partial charge in [0.2, 0.25) is 0 Å². The number of aliphatic hydroxyl groups excluding tert-OH is 1. The Labute approximate surface area is 126 Å². The van der Waals surface area contributed by atoms with Gasteiger partial charge < -0.3 is 10.4 Å². The van der Waals surface area contributed by atoms with Gasteiger partial charge in [0, 0.05) is 11.4 Å². The molecule has 1 aliphatic rings. The van der Waals surface area contributed by atoms with Crippen molar-refractivity contribution in [2.24, 2.45) is 0 Å². The molecule has 1 saturated heterocycles. The minimum Gasteiger partial charge on any atom is -0.387 e. The summed E-state index contributed by atoms with van der Waals surface area (Å²) in [6, 6.07) is 7.37. The van der Waals surface area contributed by atoms with Crippen molar-refractivity contribution in [3.63, 3.8) is 0 Å². The number of halogens is 3. The van der Waals surface area contributed by atoms with E-state index in [2.05, 4.69) is 10.3 Å². The SMILES string of the molecule is OC(c1cc(C(F)(F)F)nc2ccccc12)C1CCCCN1. The number of aliphatic hydroxyl groups is 1. The molecule has 6 heteroatoms. The molecular weight excluding hydrogens is 293 g/mol. The Hall–Kier alpha value is -1.66. The summed E-state index contributed by atoms with van der Waals surface area (Å²) in [5.74, 6) is 0. The van der Waals surface area contributed by atoms with Crippen molar-refractivity contribution in [1.29, 1.82) is 0 Å². The maximum atomic E-state index is 13.0. The third-order valence-corrected chi connectivity index (χ3v) is 4.09. The number of nitrogens with zero attached hydrogens (tertiary/aromatic N) is 1. The van der Waals surface area contributed by atoms with Gasteiger partial charge in [0.15, 0.2) is 0 Å². The normalized spacial score (nSPS) is 21.0. The first-order valence-electron chi connectivity index (χ1n) is 7.35. The molecule has 1 fully saturated rings.